The molecular weight excluding hydrogens is 843 g/mol. The van der Waals surface area contributed by atoms with E-state index in [1.54, 1.807) is 0 Å². The SMILES string of the molecule is CC1(c2ccccc2)c2ccccc2-c2c(N(c3ccc(-c4ccc5c6ccccc6c6ccccc6c5c4)cc3)c3ccc4c(c3)C(c3ccccc3)(c3ccccc3)c3ccccc3-4)cccc21. The molecule has 0 heterocycles. The van der Waals surface area contributed by atoms with Crippen molar-refractivity contribution < 1.29 is 0 Å². The first-order chi connectivity index (χ1) is 34.6. The third-order valence-electron chi connectivity index (χ3n) is 15.8. The van der Waals surface area contributed by atoms with Gasteiger partial charge in [-0.3, -0.25) is 0 Å². The number of anilines is 3. The Kier molecular flexibility index (Phi) is 9.00. The molecule has 2 aliphatic carbocycles. The lowest BCUT2D eigenvalue weighted by Crippen LogP contribution is -2.28. The van der Waals surface area contributed by atoms with Crippen LogP contribution in [0, 0.1) is 0 Å². The molecule has 70 heavy (non-hydrogen) atoms. The van der Waals surface area contributed by atoms with Gasteiger partial charge in [0.25, 0.3) is 0 Å². The second-order valence-corrected chi connectivity index (χ2v) is 19.2. The Morgan fingerprint density at radius 1 is 0.286 bits per heavy atom. The second-order valence-electron chi connectivity index (χ2n) is 19.2. The highest BCUT2D eigenvalue weighted by Gasteiger charge is 2.47. The molecule has 14 rings (SSSR count). The summed E-state index contributed by atoms with van der Waals surface area (Å²) in [7, 11) is 0. The second kappa shape index (κ2) is 15.6. The largest absolute Gasteiger partial charge is 0.310 e. The van der Waals surface area contributed by atoms with Crippen LogP contribution < -0.4 is 4.90 Å². The van der Waals surface area contributed by atoms with E-state index in [9.17, 15) is 0 Å². The summed E-state index contributed by atoms with van der Waals surface area (Å²) in [4.78, 5) is 2.53. The van der Waals surface area contributed by atoms with Crippen LogP contribution in [0.15, 0.2) is 267 Å². The van der Waals surface area contributed by atoms with Crippen LogP contribution in [0.3, 0.4) is 0 Å². The maximum atomic E-state index is 2.53. The molecule has 1 atom stereocenters. The highest BCUT2D eigenvalue weighted by atomic mass is 15.1. The predicted octanol–water partition coefficient (Wildman–Crippen LogP) is 18.0. The third kappa shape index (κ3) is 5.73. The van der Waals surface area contributed by atoms with Gasteiger partial charge in [0, 0.05) is 22.4 Å². The number of hydrogen-bond acceptors (Lipinski definition) is 1. The minimum Gasteiger partial charge on any atom is -0.310 e. The van der Waals surface area contributed by atoms with Crippen molar-refractivity contribution in [1.82, 2.24) is 0 Å². The molecule has 2 aliphatic rings. The molecule has 0 radical (unpaired) electrons. The third-order valence-corrected chi connectivity index (χ3v) is 15.8. The molecule has 1 unspecified atom stereocenters. The highest BCUT2D eigenvalue weighted by Crippen LogP contribution is 2.60. The number of nitrogens with zero attached hydrogens (tertiary/aromatic N) is 1. The van der Waals surface area contributed by atoms with Gasteiger partial charge in [0.05, 0.1) is 11.1 Å². The van der Waals surface area contributed by atoms with Crippen molar-refractivity contribution in [3.63, 3.8) is 0 Å². The van der Waals surface area contributed by atoms with E-state index in [0.717, 1.165) is 17.1 Å². The molecule has 0 saturated heterocycles. The first kappa shape index (κ1) is 40.3. The van der Waals surface area contributed by atoms with Crippen LogP contribution in [0.5, 0.6) is 0 Å². The lowest BCUT2D eigenvalue weighted by Gasteiger charge is -2.35. The predicted molar refractivity (Wildman–Crippen MR) is 294 cm³/mol. The molecule has 0 aliphatic heterocycles. The van der Waals surface area contributed by atoms with Crippen molar-refractivity contribution in [1.29, 1.82) is 0 Å². The Balaban J connectivity index is 1.00. The van der Waals surface area contributed by atoms with Crippen LogP contribution in [-0.4, -0.2) is 0 Å². The Hall–Kier alpha value is -8.78. The lowest BCUT2D eigenvalue weighted by atomic mass is 9.67. The van der Waals surface area contributed by atoms with Gasteiger partial charge in [-0.2, -0.15) is 0 Å². The van der Waals surface area contributed by atoms with Crippen LogP contribution in [0.25, 0.3) is 65.7 Å². The van der Waals surface area contributed by atoms with Gasteiger partial charge < -0.3 is 4.90 Å². The maximum Gasteiger partial charge on any atom is 0.0714 e. The Morgan fingerprint density at radius 3 is 1.40 bits per heavy atom. The zero-order chi connectivity index (χ0) is 46.4. The van der Waals surface area contributed by atoms with Crippen molar-refractivity contribution in [3.05, 3.63) is 306 Å². The van der Waals surface area contributed by atoms with E-state index >= 15 is 0 Å². The van der Waals surface area contributed by atoms with E-state index in [0.29, 0.717) is 0 Å². The Labute approximate surface area is 409 Å². The monoisotopic (exact) mass is 889 g/mol. The van der Waals surface area contributed by atoms with E-state index in [2.05, 4.69) is 279 Å². The first-order valence-corrected chi connectivity index (χ1v) is 24.5. The van der Waals surface area contributed by atoms with Gasteiger partial charge in [0.15, 0.2) is 0 Å². The van der Waals surface area contributed by atoms with Gasteiger partial charge in [-0.1, -0.05) is 231 Å². The molecule has 0 spiro atoms. The molecule has 0 saturated carbocycles. The zero-order valence-corrected chi connectivity index (χ0v) is 38.9. The van der Waals surface area contributed by atoms with Crippen molar-refractivity contribution in [2.45, 2.75) is 17.8 Å². The minimum absolute atomic E-state index is 0.348. The van der Waals surface area contributed by atoms with Gasteiger partial charge in [0.2, 0.25) is 0 Å². The quantitative estimate of drug-likeness (QED) is 0.144. The average molecular weight is 890 g/mol. The van der Waals surface area contributed by atoms with E-state index in [1.807, 2.05) is 0 Å². The van der Waals surface area contributed by atoms with Crippen molar-refractivity contribution >= 4 is 49.4 Å². The molecule has 12 aromatic carbocycles. The summed E-state index contributed by atoms with van der Waals surface area (Å²) in [6.45, 7) is 2.41. The molecule has 0 amide bonds. The normalized spacial score (nSPS) is 15.1. The minimum atomic E-state index is -0.539. The maximum absolute atomic E-state index is 2.53. The molecule has 12 aromatic rings. The van der Waals surface area contributed by atoms with Gasteiger partial charge in [-0.15, -0.1) is 0 Å². The standard InChI is InChI=1S/C69H47N/c1-68(48-20-5-2-6-21-48)62-32-17-16-31-60(62)67-64(68)34-19-35-66(67)70(51-39-36-46(37-40-51)47-38-42-57-55-28-12-11-26-53(55)54-27-13-14-29-56(54)61(57)44-47)52-41-43-59-58-30-15-18-33-63(58)69(65(59)45-52,49-22-7-3-8-23-49)50-24-9-4-10-25-50/h2-45H,1H3. The fourth-order valence-electron chi connectivity index (χ4n) is 12.7. The highest BCUT2D eigenvalue weighted by molar-refractivity contribution is 6.25. The summed E-state index contributed by atoms with van der Waals surface area (Å²) >= 11 is 0. The first-order valence-electron chi connectivity index (χ1n) is 24.5. The van der Waals surface area contributed by atoms with E-state index in [4.69, 9.17) is 0 Å². The van der Waals surface area contributed by atoms with Gasteiger partial charge in [-0.25, -0.2) is 0 Å². The van der Waals surface area contributed by atoms with Crippen molar-refractivity contribution in [2.24, 2.45) is 0 Å². The fourth-order valence-corrected chi connectivity index (χ4v) is 12.7. The molecule has 0 N–H and O–H groups in total. The fraction of sp³-hybridized carbons (Fsp3) is 0.0435. The van der Waals surface area contributed by atoms with Crippen molar-refractivity contribution in [3.8, 4) is 33.4 Å². The molecule has 1 nitrogen and oxygen atoms in total. The average Bonchev–Trinajstić information content (AvgIpc) is 3.89. The van der Waals surface area contributed by atoms with Crippen LogP contribution in [-0.2, 0) is 10.8 Å². The molecule has 1 heteroatoms. The molecule has 328 valence electrons. The topological polar surface area (TPSA) is 3.24 Å². The van der Waals surface area contributed by atoms with Crippen LogP contribution in [0.2, 0.25) is 0 Å². The number of fused-ring (bicyclic) bond motifs is 12. The Morgan fingerprint density at radius 2 is 0.757 bits per heavy atom. The number of rotatable bonds is 7. The molecular formula is C69H47N. The summed E-state index contributed by atoms with van der Waals surface area (Å²) in [6, 6.07) is 99.6. The summed E-state index contributed by atoms with van der Waals surface area (Å²) in [5.41, 5.74) is 19.0. The number of benzene rings is 12. The molecule has 0 fully saturated rings. The Bertz CT molecular complexity index is 3930. The zero-order valence-electron chi connectivity index (χ0n) is 38.9. The van der Waals surface area contributed by atoms with Crippen LogP contribution in [0.4, 0.5) is 17.1 Å². The lowest BCUT2D eigenvalue weighted by molar-refractivity contribution is 0.714. The summed E-state index contributed by atoms with van der Waals surface area (Å²) < 4.78 is 0. The van der Waals surface area contributed by atoms with Gasteiger partial charge in [0.1, 0.15) is 0 Å². The summed E-state index contributed by atoms with van der Waals surface area (Å²) in [5, 5.41) is 7.70. The smallest absolute Gasteiger partial charge is 0.0714 e. The van der Waals surface area contributed by atoms with Crippen LogP contribution in [0.1, 0.15) is 45.9 Å². The van der Waals surface area contributed by atoms with E-state index in [-0.39, 0.29) is 5.41 Å². The van der Waals surface area contributed by atoms with Gasteiger partial charge in [-0.05, 0) is 142 Å². The molecule has 0 aromatic heterocycles. The van der Waals surface area contributed by atoms with Crippen molar-refractivity contribution in [2.75, 3.05) is 4.90 Å². The summed E-state index contributed by atoms with van der Waals surface area (Å²) in [6.07, 6.45) is 0. The molecule has 0 bridgehead atoms. The van der Waals surface area contributed by atoms with Gasteiger partial charge >= 0.3 is 0 Å². The summed E-state index contributed by atoms with van der Waals surface area (Å²) in [5.74, 6) is 0. The van der Waals surface area contributed by atoms with Crippen LogP contribution >= 0.6 is 0 Å². The number of hydrogen-bond donors (Lipinski definition) is 0. The van der Waals surface area contributed by atoms with E-state index in [1.165, 1.54) is 105 Å². The van der Waals surface area contributed by atoms with E-state index < -0.39 is 5.41 Å².